The zero-order valence-corrected chi connectivity index (χ0v) is 11.4. The fourth-order valence-electron chi connectivity index (χ4n) is 2.59. The molecule has 0 bridgehead atoms. The predicted octanol–water partition coefficient (Wildman–Crippen LogP) is 2.52. The second-order valence-electron chi connectivity index (χ2n) is 5.08. The van der Waals surface area contributed by atoms with Crippen molar-refractivity contribution in [1.29, 1.82) is 0 Å². The first kappa shape index (κ1) is 13.4. The predicted molar refractivity (Wildman–Crippen MR) is 73.0 cm³/mol. The summed E-state index contributed by atoms with van der Waals surface area (Å²) in [5, 5.41) is 10.2. The molecule has 0 aromatic heterocycles. The molecule has 0 saturated carbocycles. The first-order valence-corrected chi connectivity index (χ1v) is 6.75. The van der Waals surface area contributed by atoms with Crippen LogP contribution in [0.2, 0.25) is 0 Å². The normalized spacial score (nSPS) is 17.9. The Morgan fingerprint density at radius 3 is 2.67 bits per heavy atom. The summed E-state index contributed by atoms with van der Waals surface area (Å²) in [6.07, 6.45) is 3.05. The number of rotatable bonds is 5. The van der Waals surface area contributed by atoms with Crippen molar-refractivity contribution in [1.82, 2.24) is 4.90 Å². The molecule has 0 radical (unpaired) electrons. The van der Waals surface area contributed by atoms with E-state index in [0.717, 1.165) is 29.8 Å². The maximum atomic E-state index is 10.2. The Morgan fingerprint density at radius 2 is 2.06 bits per heavy atom. The maximum Gasteiger partial charge on any atom is 0.121 e. The highest BCUT2D eigenvalue weighted by molar-refractivity contribution is 5.36. The Kier molecular flexibility index (Phi) is 4.61. The number of ether oxygens (including phenoxy) is 1. The Hall–Kier alpha value is -1.06. The molecule has 3 nitrogen and oxygen atoms in total. The van der Waals surface area contributed by atoms with E-state index in [4.69, 9.17) is 4.74 Å². The Balaban J connectivity index is 1.91. The molecule has 1 atom stereocenters. The van der Waals surface area contributed by atoms with Crippen molar-refractivity contribution in [2.75, 3.05) is 26.7 Å². The molecule has 1 saturated heterocycles. The standard InChI is InChI=1S/C15H23NO2/c1-12-11-13(5-6-15(12)18-2)14(17)7-10-16-8-3-4-9-16/h5-6,11,14,17H,3-4,7-10H2,1-2H3. The monoisotopic (exact) mass is 249 g/mol. The molecule has 1 fully saturated rings. The molecule has 1 aromatic carbocycles. The van der Waals surface area contributed by atoms with Crippen LogP contribution in [-0.4, -0.2) is 36.8 Å². The molecule has 1 N–H and O–H groups in total. The van der Waals surface area contributed by atoms with Crippen molar-refractivity contribution in [3.05, 3.63) is 29.3 Å². The van der Waals surface area contributed by atoms with Gasteiger partial charge in [-0.3, -0.25) is 0 Å². The van der Waals surface area contributed by atoms with Gasteiger partial charge in [0.2, 0.25) is 0 Å². The maximum absolute atomic E-state index is 10.2. The fraction of sp³-hybridized carbons (Fsp3) is 0.600. The third kappa shape index (κ3) is 3.24. The number of hydrogen-bond acceptors (Lipinski definition) is 3. The van der Waals surface area contributed by atoms with Crippen LogP contribution >= 0.6 is 0 Å². The molecular formula is C15H23NO2. The number of benzene rings is 1. The number of methoxy groups -OCH3 is 1. The highest BCUT2D eigenvalue weighted by Gasteiger charge is 2.15. The van der Waals surface area contributed by atoms with E-state index in [1.165, 1.54) is 25.9 Å². The minimum Gasteiger partial charge on any atom is -0.496 e. The van der Waals surface area contributed by atoms with Crippen LogP contribution in [-0.2, 0) is 0 Å². The summed E-state index contributed by atoms with van der Waals surface area (Å²) in [6.45, 7) is 5.38. The smallest absolute Gasteiger partial charge is 0.121 e. The van der Waals surface area contributed by atoms with Crippen LogP contribution in [0.25, 0.3) is 0 Å². The van der Waals surface area contributed by atoms with E-state index in [0.29, 0.717) is 0 Å². The van der Waals surface area contributed by atoms with Crippen molar-refractivity contribution >= 4 is 0 Å². The summed E-state index contributed by atoms with van der Waals surface area (Å²) in [6, 6.07) is 5.91. The summed E-state index contributed by atoms with van der Waals surface area (Å²) in [5.74, 6) is 0.880. The molecule has 100 valence electrons. The molecule has 0 amide bonds. The molecule has 0 spiro atoms. The third-order valence-corrected chi connectivity index (χ3v) is 3.72. The number of hydrogen-bond donors (Lipinski definition) is 1. The molecule has 1 heterocycles. The van der Waals surface area contributed by atoms with E-state index in [9.17, 15) is 5.11 Å². The third-order valence-electron chi connectivity index (χ3n) is 3.72. The van der Waals surface area contributed by atoms with Crippen molar-refractivity contribution in [3.63, 3.8) is 0 Å². The van der Waals surface area contributed by atoms with Gasteiger partial charge in [-0.25, -0.2) is 0 Å². The number of aliphatic hydroxyl groups excluding tert-OH is 1. The highest BCUT2D eigenvalue weighted by Crippen LogP contribution is 2.24. The van der Waals surface area contributed by atoms with E-state index in [1.54, 1.807) is 7.11 Å². The Labute approximate surface area is 109 Å². The van der Waals surface area contributed by atoms with Gasteiger partial charge in [0, 0.05) is 6.54 Å². The first-order valence-electron chi connectivity index (χ1n) is 6.75. The van der Waals surface area contributed by atoms with Crippen molar-refractivity contribution in [3.8, 4) is 5.75 Å². The molecular weight excluding hydrogens is 226 g/mol. The second-order valence-corrected chi connectivity index (χ2v) is 5.08. The largest absolute Gasteiger partial charge is 0.496 e. The van der Waals surface area contributed by atoms with Gasteiger partial charge in [0.15, 0.2) is 0 Å². The molecule has 1 aliphatic rings. The lowest BCUT2D eigenvalue weighted by Gasteiger charge is -2.18. The van der Waals surface area contributed by atoms with Crippen molar-refractivity contribution in [2.45, 2.75) is 32.3 Å². The minimum atomic E-state index is -0.366. The molecule has 2 rings (SSSR count). The molecule has 18 heavy (non-hydrogen) atoms. The zero-order valence-electron chi connectivity index (χ0n) is 11.4. The van der Waals surface area contributed by atoms with Gasteiger partial charge in [-0.2, -0.15) is 0 Å². The lowest BCUT2D eigenvalue weighted by atomic mass is 10.0. The second kappa shape index (κ2) is 6.21. The van der Waals surface area contributed by atoms with E-state index in [1.807, 2.05) is 25.1 Å². The van der Waals surface area contributed by atoms with Gasteiger partial charge in [-0.05, 0) is 62.5 Å². The zero-order chi connectivity index (χ0) is 13.0. The van der Waals surface area contributed by atoms with Crippen molar-refractivity contribution in [2.24, 2.45) is 0 Å². The summed E-state index contributed by atoms with van der Waals surface area (Å²) >= 11 is 0. The summed E-state index contributed by atoms with van der Waals surface area (Å²) < 4.78 is 5.23. The average molecular weight is 249 g/mol. The van der Waals surface area contributed by atoms with Crippen LogP contribution < -0.4 is 4.74 Å². The van der Waals surface area contributed by atoms with Crippen LogP contribution in [0.1, 0.15) is 36.5 Å². The van der Waals surface area contributed by atoms with Crippen molar-refractivity contribution < 1.29 is 9.84 Å². The average Bonchev–Trinajstić information content (AvgIpc) is 2.89. The van der Waals surface area contributed by atoms with E-state index in [2.05, 4.69) is 4.90 Å². The summed E-state index contributed by atoms with van der Waals surface area (Å²) in [5.41, 5.74) is 2.07. The molecule has 0 aliphatic carbocycles. The van der Waals surface area contributed by atoms with Gasteiger partial charge in [0.25, 0.3) is 0 Å². The molecule has 1 aromatic rings. The number of aliphatic hydroxyl groups is 1. The van der Waals surface area contributed by atoms with Crippen LogP contribution in [0, 0.1) is 6.92 Å². The topological polar surface area (TPSA) is 32.7 Å². The number of aryl methyl sites for hydroxylation is 1. The molecule has 1 unspecified atom stereocenters. The number of likely N-dealkylation sites (tertiary alicyclic amines) is 1. The number of nitrogens with zero attached hydrogens (tertiary/aromatic N) is 1. The SMILES string of the molecule is COc1ccc(C(O)CCN2CCCC2)cc1C. The minimum absolute atomic E-state index is 0.366. The van der Waals surface area contributed by atoms with E-state index < -0.39 is 0 Å². The van der Waals surface area contributed by atoms with Gasteiger partial charge < -0.3 is 14.7 Å². The van der Waals surface area contributed by atoms with E-state index >= 15 is 0 Å². The molecule has 1 aliphatic heterocycles. The summed E-state index contributed by atoms with van der Waals surface area (Å²) in [7, 11) is 1.67. The Bertz CT molecular complexity index is 386. The first-order chi connectivity index (χ1) is 8.70. The summed E-state index contributed by atoms with van der Waals surface area (Å²) in [4.78, 5) is 2.43. The van der Waals surface area contributed by atoms with Gasteiger partial charge in [0.1, 0.15) is 5.75 Å². The quantitative estimate of drug-likeness (QED) is 0.870. The van der Waals surface area contributed by atoms with Crippen LogP contribution in [0.3, 0.4) is 0 Å². The highest BCUT2D eigenvalue weighted by atomic mass is 16.5. The van der Waals surface area contributed by atoms with Crippen LogP contribution in [0.15, 0.2) is 18.2 Å². The van der Waals surface area contributed by atoms with Gasteiger partial charge in [0.05, 0.1) is 13.2 Å². The van der Waals surface area contributed by atoms with Gasteiger partial charge in [-0.1, -0.05) is 6.07 Å². The van der Waals surface area contributed by atoms with Gasteiger partial charge in [-0.15, -0.1) is 0 Å². The lowest BCUT2D eigenvalue weighted by Crippen LogP contribution is -2.22. The Morgan fingerprint density at radius 1 is 1.33 bits per heavy atom. The van der Waals surface area contributed by atoms with Crippen LogP contribution in [0.4, 0.5) is 0 Å². The molecule has 3 heteroatoms. The van der Waals surface area contributed by atoms with E-state index in [-0.39, 0.29) is 6.10 Å². The fourth-order valence-corrected chi connectivity index (χ4v) is 2.59. The van der Waals surface area contributed by atoms with Gasteiger partial charge >= 0.3 is 0 Å². The van der Waals surface area contributed by atoms with Crippen LogP contribution in [0.5, 0.6) is 5.75 Å². The lowest BCUT2D eigenvalue weighted by molar-refractivity contribution is 0.149.